The average molecular weight is 336 g/mol. The Morgan fingerprint density at radius 2 is 1.79 bits per heavy atom. The van der Waals surface area contributed by atoms with E-state index in [0.29, 0.717) is 5.56 Å². The van der Waals surface area contributed by atoms with Crippen LogP contribution in [0.4, 0.5) is 18.9 Å². The number of anilines is 1. The number of hydrogen-bond donors (Lipinski definition) is 2. The van der Waals surface area contributed by atoms with Gasteiger partial charge in [-0.2, -0.15) is 18.3 Å². The number of rotatable bonds is 3. The summed E-state index contributed by atoms with van der Waals surface area (Å²) in [6, 6.07) is 7.05. The first-order valence-corrected chi connectivity index (χ1v) is 6.58. The Balaban J connectivity index is 1.90. The number of carbonyl (C=O) groups excluding carboxylic acids is 2. The SMILES string of the molecule is O=C(NN=Cc1cccnc1)C(=O)Nc1ccc(C(F)(F)F)cc1. The molecule has 0 fully saturated rings. The van der Waals surface area contributed by atoms with Crippen LogP contribution in [0.2, 0.25) is 0 Å². The third-order valence-corrected chi connectivity index (χ3v) is 2.74. The Kier molecular flexibility index (Phi) is 5.25. The molecule has 124 valence electrons. The largest absolute Gasteiger partial charge is 0.416 e. The van der Waals surface area contributed by atoms with E-state index >= 15 is 0 Å². The fraction of sp³-hybridized carbons (Fsp3) is 0.0667. The van der Waals surface area contributed by atoms with E-state index in [2.05, 4.69) is 15.4 Å². The lowest BCUT2D eigenvalue weighted by Gasteiger charge is -2.08. The van der Waals surface area contributed by atoms with E-state index in [1.165, 1.54) is 12.4 Å². The fourth-order valence-electron chi connectivity index (χ4n) is 1.60. The van der Waals surface area contributed by atoms with Crippen LogP contribution in [-0.2, 0) is 15.8 Å². The van der Waals surface area contributed by atoms with Gasteiger partial charge >= 0.3 is 18.0 Å². The van der Waals surface area contributed by atoms with Crippen molar-refractivity contribution in [2.24, 2.45) is 5.10 Å². The Morgan fingerprint density at radius 3 is 2.38 bits per heavy atom. The van der Waals surface area contributed by atoms with Gasteiger partial charge in [0.05, 0.1) is 11.8 Å². The first kappa shape index (κ1) is 17.1. The molecular formula is C15H11F3N4O2. The predicted octanol–water partition coefficient (Wildman–Crippen LogP) is 2.19. The first-order valence-electron chi connectivity index (χ1n) is 6.58. The number of nitrogens with one attached hydrogen (secondary N) is 2. The molecular weight excluding hydrogens is 325 g/mol. The predicted molar refractivity (Wildman–Crippen MR) is 80.0 cm³/mol. The van der Waals surface area contributed by atoms with Gasteiger partial charge in [-0.1, -0.05) is 6.07 Å². The topological polar surface area (TPSA) is 83.5 Å². The molecule has 6 nitrogen and oxygen atoms in total. The maximum Gasteiger partial charge on any atom is 0.416 e. The first-order chi connectivity index (χ1) is 11.4. The monoisotopic (exact) mass is 336 g/mol. The summed E-state index contributed by atoms with van der Waals surface area (Å²) in [7, 11) is 0. The number of aromatic nitrogens is 1. The molecule has 0 unspecified atom stereocenters. The van der Waals surface area contributed by atoms with E-state index in [-0.39, 0.29) is 5.69 Å². The summed E-state index contributed by atoms with van der Waals surface area (Å²) in [6.07, 6.45) is -0.122. The Hall–Kier alpha value is -3.23. The maximum absolute atomic E-state index is 12.4. The molecule has 0 atom stereocenters. The number of alkyl halides is 3. The highest BCUT2D eigenvalue weighted by Crippen LogP contribution is 2.29. The maximum atomic E-state index is 12.4. The van der Waals surface area contributed by atoms with Gasteiger partial charge in [0, 0.05) is 23.6 Å². The number of carbonyl (C=O) groups is 2. The van der Waals surface area contributed by atoms with Gasteiger partial charge in [0.25, 0.3) is 0 Å². The van der Waals surface area contributed by atoms with Crippen molar-refractivity contribution in [1.82, 2.24) is 10.4 Å². The Morgan fingerprint density at radius 1 is 1.08 bits per heavy atom. The van der Waals surface area contributed by atoms with Gasteiger partial charge in [-0.05, 0) is 30.3 Å². The molecule has 9 heteroatoms. The van der Waals surface area contributed by atoms with Crippen molar-refractivity contribution in [2.45, 2.75) is 6.18 Å². The summed E-state index contributed by atoms with van der Waals surface area (Å²) < 4.78 is 37.3. The number of hydrazone groups is 1. The summed E-state index contributed by atoms with van der Waals surface area (Å²) >= 11 is 0. The van der Waals surface area contributed by atoms with E-state index in [9.17, 15) is 22.8 Å². The summed E-state index contributed by atoms with van der Waals surface area (Å²) in [4.78, 5) is 27.0. The van der Waals surface area contributed by atoms with E-state index in [0.717, 1.165) is 24.3 Å². The highest BCUT2D eigenvalue weighted by molar-refractivity contribution is 6.39. The zero-order valence-electron chi connectivity index (χ0n) is 12.0. The van der Waals surface area contributed by atoms with E-state index in [4.69, 9.17) is 0 Å². The molecule has 1 aromatic carbocycles. The van der Waals surface area contributed by atoms with Crippen LogP contribution in [-0.4, -0.2) is 23.0 Å². The second-order valence-electron chi connectivity index (χ2n) is 4.51. The van der Waals surface area contributed by atoms with Crippen molar-refractivity contribution in [3.8, 4) is 0 Å². The molecule has 0 saturated carbocycles. The van der Waals surface area contributed by atoms with Crippen molar-refractivity contribution in [2.75, 3.05) is 5.32 Å². The molecule has 2 rings (SSSR count). The summed E-state index contributed by atoms with van der Waals surface area (Å²) in [5.74, 6) is -2.12. The molecule has 2 aromatic rings. The highest BCUT2D eigenvalue weighted by atomic mass is 19.4. The lowest BCUT2D eigenvalue weighted by atomic mass is 10.2. The molecule has 2 N–H and O–H groups in total. The second-order valence-corrected chi connectivity index (χ2v) is 4.51. The van der Waals surface area contributed by atoms with Crippen molar-refractivity contribution in [3.63, 3.8) is 0 Å². The van der Waals surface area contributed by atoms with Crippen LogP contribution in [0, 0.1) is 0 Å². The molecule has 24 heavy (non-hydrogen) atoms. The zero-order chi connectivity index (χ0) is 17.6. The van der Waals surface area contributed by atoms with Crippen molar-refractivity contribution < 1.29 is 22.8 Å². The molecule has 0 aliphatic carbocycles. The van der Waals surface area contributed by atoms with Gasteiger partial charge < -0.3 is 5.32 Å². The normalized spacial score (nSPS) is 11.3. The van der Waals surface area contributed by atoms with Crippen LogP contribution >= 0.6 is 0 Å². The molecule has 1 heterocycles. The van der Waals surface area contributed by atoms with E-state index in [1.807, 2.05) is 5.43 Å². The molecule has 0 bridgehead atoms. The minimum absolute atomic E-state index is 0.0550. The number of benzene rings is 1. The number of halogens is 3. The van der Waals surface area contributed by atoms with Crippen molar-refractivity contribution in [3.05, 3.63) is 59.9 Å². The Bertz CT molecular complexity index is 744. The van der Waals surface area contributed by atoms with Gasteiger partial charge in [-0.25, -0.2) is 5.43 Å². The smallest absolute Gasteiger partial charge is 0.318 e. The minimum Gasteiger partial charge on any atom is -0.318 e. The van der Waals surface area contributed by atoms with Gasteiger partial charge in [0.2, 0.25) is 0 Å². The molecule has 0 saturated heterocycles. The van der Waals surface area contributed by atoms with Crippen LogP contribution in [0.25, 0.3) is 0 Å². The second kappa shape index (κ2) is 7.36. The average Bonchev–Trinajstić information content (AvgIpc) is 2.55. The van der Waals surface area contributed by atoms with Gasteiger partial charge in [-0.3, -0.25) is 14.6 Å². The summed E-state index contributed by atoms with van der Waals surface area (Å²) in [5.41, 5.74) is 1.81. The van der Waals surface area contributed by atoms with Crippen LogP contribution < -0.4 is 10.7 Å². The van der Waals surface area contributed by atoms with Crippen molar-refractivity contribution in [1.29, 1.82) is 0 Å². The lowest BCUT2D eigenvalue weighted by molar-refractivity contribution is -0.137. The fourth-order valence-corrected chi connectivity index (χ4v) is 1.60. The molecule has 0 spiro atoms. The zero-order valence-corrected chi connectivity index (χ0v) is 12.0. The van der Waals surface area contributed by atoms with E-state index in [1.54, 1.807) is 18.3 Å². The third kappa shape index (κ3) is 4.90. The third-order valence-electron chi connectivity index (χ3n) is 2.74. The van der Waals surface area contributed by atoms with E-state index < -0.39 is 23.6 Å². The number of pyridine rings is 1. The number of nitrogens with zero attached hydrogens (tertiary/aromatic N) is 2. The standard InChI is InChI=1S/C15H11F3N4O2/c16-15(17,18)11-3-5-12(6-4-11)21-13(23)14(24)22-20-9-10-2-1-7-19-8-10/h1-9H,(H,21,23)(H,22,24). The van der Waals surface area contributed by atoms with Crippen LogP contribution in [0.15, 0.2) is 53.9 Å². The van der Waals surface area contributed by atoms with Gasteiger partial charge in [0.1, 0.15) is 0 Å². The van der Waals surface area contributed by atoms with Crippen LogP contribution in [0.1, 0.15) is 11.1 Å². The Labute approximate surface area is 134 Å². The summed E-state index contributed by atoms with van der Waals surface area (Å²) in [5, 5.41) is 5.74. The quantitative estimate of drug-likeness (QED) is 0.512. The van der Waals surface area contributed by atoms with Crippen molar-refractivity contribution >= 4 is 23.7 Å². The molecule has 2 amide bonds. The molecule has 1 aromatic heterocycles. The lowest BCUT2D eigenvalue weighted by Crippen LogP contribution is -2.32. The molecule has 0 aliphatic rings. The molecule has 0 radical (unpaired) electrons. The highest BCUT2D eigenvalue weighted by Gasteiger charge is 2.30. The summed E-state index contributed by atoms with van der Waals surface area (Å²) in [6.45, 7) is 0. The molecule has 0 aliphatic heterocycles. The van der Waals surface area contributed by atoms with Crippen LogP contribution in [0.5, 0.6) is 0 Å². The number of hydrogen-bond acceptors (Lipinski definition) is 4. The van der Waals surface area contributed by atoms with Gasteiger partial charge in [-0.15, -0.1) is 0 Å². The van der Waals surface area contributed by atoms with Gasteiger partial charge in [0.15, 0.2) is 0 Å². The minimum atomic E-state index is -4.47. The number of amides is 2. The van der Waals surface area contributed by atoms with Crippen LogP contribution in [0.3, 0.4) is 0 Å².